The SMILES string of the molecule is CC(C)(C)c1ccc(C(=O)Oc2c[c]c(F)cn2)cc1. The van der Waals surface area contributed by atoms with Crippen molar-refractivity contribution < 1.29 is 13.9 Å². The number of halogens is 1. The van der Waals surface area contributed by atoms with E-state index in [0.717, 1.165) is 11.8 Å². The number of ether oxygens (including phenoxy) is 1. The van der Waals surface area contributed by atoms with Crippen molar-refractivity contribution in [1.82, 2.24) is 4.98 Å². The van der Waals surface area contributed by atoms with E-state index in [0.29, 0.717) is 5.56 Å². The Bertz CT molecular complexity index is 598. The van der Waals surface area contributed by atoms with Crippen molar-refractivity contribution in [2.75, 3.05) is 0 Å². The summed E-state index contributed by atoms with van der Waals surface area (Å²) in [6.07, 6.45) is 0.950. The highest BCUT2D eigenvalue weighted by Gasteiger charge is 2.15. The fourth-order valence-electron chi connectivity index (χ4n) is 1.64. The van der Waals surface area contributed by atoms with Crippen LogP contribution < -0.4 is 4.74 Å². The zero-order valence-electron chi connectivity index (χ0n) is 11.6. The molecule has 4 heteroatoms. The molecule has 0 aliphatic heterocycles. The Labute approximate surface area is 117 Å². The van der Waals surface area contributed by atoms with Crippen molar-refractivity contribution in [3.8, 4) is 5.88 Å². The number of benzene rings is 1. The molecule has 1 heterocycles. The second-order valence-corrected chi connectivity index (χ2v) is 5.45. The lowest BCUT2D eigenvalue weighted by atomic mass is 9.87. The highest BCUT2D eigenvalue weighted by atomic mass is 19.1. The van der Waals surface area contributed by atoms with Crippen LogP contribution in [0, 0.1) is 11.9 Å². The predicted octanol–water partition coefficient (Wildman–Crippen LogP) is 3.54. The molecule has 1 aromatic carbocycles. The predicted molar refractivity (Wildman–Crippen MR) is 73.1 cm³/mol. The van der Waals surface area contributed by atoms with Crippen LogP contribution in [0.15, 0.2) is 36.5 Å². The van der Waals surface area contributed by atoms with Gasteiger partial charge in [-0.1, -0.05) is 32.9 Å². The molecule has 1 radical (unpaired) electrons. The highest BCUT2D eigenvalue weighted by molar-refractivity contribution is 5.90. The molecule has 2 aromatic rings. The maximum atomic E-state index is 12.6. The summed E-state index contributed by atoms with van der Waals surface area (Å²) in [6, 6.07) is 10.7. The second-order valence-electron chi connectivity index (χ2n) is 5.45. The summed E-state index contributed by atoms with van der Waals surface area (Å²) in [5, 5.41) is 0. The van der Waals surface area contributed by atoms with Gasteiger partial charge in [0.2, 0.25) is 5.88 Å². The average molecular weight is 272 g/mol. The molecule has 1 aromatic heterocycles. The minimum absolute atomic E-state index is 0.0237. The molecule has 0 aliphatic rings. The van der Waals surface area contributed by atoms with E-state index in [-0.39, 0.29) is 11.3 Å². The highest BCUT2D eigenvalue weighted by Crippen LogP contribution is 2.22. The van der Waals surface area contributed by atoms with Crippen LogP contribution in [0.1, 0.15) is 36.7 Å². The fraction of sp³-hybridized carbons (Fsp3) is 0.250. The van der Waals surface area contributed by atoms with Crippen LogP contribution in [0.25, 0.3) is 0 Å². The minimum Gasteiger partial charge on any atom is -0.404 e. The molecule has 20 heavy (non-hydrogen) atoms. The van der Waals surface area contributed by atoms with E-state index >= 15 is 0 Å². The van der Waals surface area contributed by atoms with Gasteiger partial charge in [0.05, 0.1) is 11.8 Å². The molecule has 0 fully saturated rings. The number of esters is 1. The van der Waals surface area contributed by atoms with Gasteiger partial charge in [0.25, 0.3) is 0 Å². The summed E-state index contributed by atoms with van der Waals surface area (Å²) >= 11 is 0. The van der Waals surface area contributed by atoms with Crippen LogP contribution in [-0.2, 0) is 5.41 Å². The first-order valence-corrected chi connectivity index (χ1v) is 6.22. The largest absolute Gasteiger partial charge is 0.404 e. The van der Waals surface area contributed by atoms with Crippen LogP contribution in [0.2, 0.25) is 0 Å². The second kappa shape index (κ2) is 5.41. The van der Waals surface area contributed by atoms with E-state index in [2.05, 4.69) is 31.8 Å². The first kappa shape index (κ1) is 14.2. The van der Waals surface area contributed by atoms with Gasteiger partial charge in [0.15, 0.2) is 0 Å². The molecule has 0 unspecified atom stereocenters. The molecule has 2 rings (SSSR count). The number of hydrogen-bond donors (Lipinski definition) is 0. The molecule has 0 amide bonds. The number of carbonyl (C=O) groups excluding carboxylic acids is 1. The Morgan fingerprint density at radius 1 is 1.25 bits per heavy atom. The number of carbonyl (C=O) groups is 1. The lowest BCUT2D eigenvalue weighted by molar-refractivity contribution is 0.0727. The van der Waals surface area contributed by atoms with Crippen molar-refractivity contribution in [3.05, 3.63) is 59.5 Å². The summed E-state index contributed by atoms with van der Waals surface area (Å²) in [4.78, 5) is 15.5. The Hall–Kier alpha value is -2.23. The van der Waals surface area contributed by atoms with Gasteiger partial charge in [-0.2, -0.15) is 0 Å². The van der Waals surface area contributed by atoms with Gasteiger partial charge in [0, 0.05) is 12.1 Å². The van der Waals surface area contributed by atoms with Gasteiger partial charge >= 0.3 is 5.97 Å². The quantitative estimate of drug-likeness (QED) is 0.785. The third kappa shape index (κ3) is 3.41. The van der Waals surface area contributed by atoms with Crippen LogP contribution >= 0.6 is 0 Å². The van der Waals surface area contributed by atoms with Crippen LogP contribution in [-0.4, -0.2) is 11.0 Å². The van der Waals surface area contributed by atoms with Gasteiger partial charge in [-0.3, -0.25) is 0 Å². The summed E-state index contributed by atoms with van der Waals surface area (Å²) < 4.78 is 17.7. The molecule has 0 N–H and O–H groups in total. The first-order valence-electron chi connectivity index (χ1n) is 6.22. The molecule has 0 aliphatic carbocycles. The standard InChI is InChI=1S/C16H15FNO2/c1-16(2,3)12-6-4-11(5-7-12)15(19)20-14-9-8-13(17)10-18-14/h4-7,9-10H,1-3H3. The van der Waals surface area contributed by atoms with E-state index in [1.807, 2.05) is 12.1 Å². The molecule has 3 nitrogen and oxygen atoms in total. The monoisotopic (exact) mass is 272 g/mol. The number of pyridine rings is 1. The summed E-state index contributed by atoms with van der Waals surface area (Å²) in [7, 11) is 0. The van der Waals surface area contributed by atoms with E-state index in [9.17, 15) is 9.18 Å². The van der Waals surface area contributed by atoms with E-state index < -0.39 is 11.8 Å². The Morgan fingerprint density at radius 2 is 1.90 bits per heavy atom. The van der Waals surface area contributed by atoms with E-state index in [1.165, 1.54) is 6.07 Å². The number of hydrogen-bond acceptors (Lipinski definition) is 3. The topological polar surface area (TPSA) is 39.2 Å². The van der Waals surface area contributed by atoms with Crippen LogP contribution in [0.3, 0.4) is 0 Å². The molecular formula is C16H15FNO2. The van der Waals surface area contributed by atoms with E-state index in [4.69, 9.17) is 4.74 Å². The molecule has 0 atom stereocenters. The summed E-state index contributed by atoms with van der Waals surface area (Å²) in [5.74, 6) is -1.10. The van der Waals surface area contributed by atoms with Crippen LogP contribution in [0.4, 0.5) is 4.39 Å². The Kier molecular flexibility index (Phi) is 3.84. The summed E-state index contributed by atoms with van der Waals surface area (Å²) in [6.45, 7) is 6.29. The van der Waals surface area contributed by atoms with E-state index in [1.54, 1.807) is 12.1 Å². The summed E-state index contributed by atoms with van der Waals surface area (Å²) in [5.41, 5.74) is 1.57. The van der Waals surface area contributed by atoms with Gasteiger partial charge in [-0.25, -0.2) is 14.2 Å². The average Bonchev–Trinajstić information content (AvgIpc) is 2.40. The van der Waals surface area contributed by atoms with Crippen molar-refractivity contribution in [2.45, 2.75) is 26.2 Å². The Balaban J connectivity index is 2.11. The third-order valence-electron chi connectivity index (χ3n) is 2.82. The molecule has 0 saturated heterocycles. The number of aromatic nitrogens is 1. The maximum Gasteiger partial charge on any atom is 0.344 e. The molecular weight excluding hydrogens is 257 g/mol. The molecule has 103 valence electrons. The van der Waals surface area contributed by atoms with Crippen molar-refractivity contribution in [1.29, 1.82) is 0 Å². The molecule has 0 spiro atoms. The fourth-order valence-corrected chi connectivity index (χ4v) is 1.64. The molecule has 0 saturated carbocycles. The van der Waals surface area contributed by atoms with Gasteiger partial charge in [-0.15, -0.1) is 0 Å². The van der Waals surface area contributed by atoms with Gasteiger partial charge < -0.3 is 4.74 Å². The molecule has 0 bridgehead atoms. The zero-order chi connectivity index (χ0) is 14.8. The number of rotatable bonds is 2. The maximum absolute atomic E-state index is 12.6. The lowest BCUT2D eigenvalue weighted by Crippen LogP contribution is -2.13. The first-order chi connectivity index (χ1) is 9.36. The smallest absolute Gasteiger partial charge is 0.344 e. The van der Waals surface area contributed by atoms with Gasteiger partial charge in [-0.05, 0) is 23.1 Å². The van der Waals surface area contributed by atoms with Crippen LogP contribution in [0.5, 0.6) is 5.88 Å². The zero-order valence-corrected chi connectivity index (χ0v) is 11.6. The normalized spacial score (nSPS) is 11.2. The minimum atomic E-state index is -0.598. The van der Waals surface area contributed by atoms with Gasteiger partial charge in [0.1, 0.15) is 5.82 Å². The van der Waals surface area contributed by atoms with Crippen molar-refractivity contribution >= 4 is 5.97 Å². The number of nitrogens with zero attached hydrogens (tertiary/aromatic N) is 1. The third-order valence-corrected chi connectivity index (χ3v) is 2.82. The lowest BCUT2D eigenvalue weighted by Gasteiger charge is -2.18. The Morgan fingerprint density at radius 3 is 2.40 bits per heavy atom. The van der Waals surface area contributed by atoms with Crippen molar-refractivity contribution in [2.24, 2.45) is 0 Å². The van der Waals surface area contributed by atoms with Crippen molar-refractivity contribution in [3.63, 3.8) is 0 Å².